The summed E-state index contributed by atoms with van der Waals surface area (Å²) in [5.74, 6) is 2.36. The fourth-order valence-corrected chi connectivity index (χ4v) is 3.22. The Morgan fingerprint density at radius 2 is 2.14 bits per heavy atom. The fraction of sp³-hybridized carbons (Fsp3) is 0.316. The molecule has 0 radical (unpaired) electrons. The molecule has 1 aliphatic rings. The first kappa shape index (κ1) is 13.5. The van der Waals surface area contributed by atoms with Gasteiger partial charge in [-0.1, -0.05) is 19.1 Å². The van der Waals surface area contributed by atoms with Gasteiger partial charge in [0.1, 0.15) is 11.6 Å². The normalized spacial score (nSPS) is 20.5. The minimum absolute atomic E-state index is 0.175. The lowest BCUT2D eigenvalue weighted by Gasteiger charge is -2.09. The summed E-state index contributed by atoms with van der Waals surface area (Å²) in [5, 5.41) is 0. The lowest BCUT2D eigenvalue weighted by atomic mass is 10.0. The zero-order chi connectivity index (χ0) is 15.3. The van der Waals surface area contributed by atoms with E-state index in [0.29, 0.717) is 5.92 Å². The van der Waals surface area contributed by atoms with Crippen LogP contribution >= 0.6 is 0 Å². The molecule has 112 valence electrons. The van der Waals surface area contributed by atoms with Crippen LogP contribution in [-0.2, 0) is 6.42 Å². The van der Waals surface area contributed by atoms with Crippen molar-refractivity contribution >= 4 is 5.52 Å². The first-order chi connectivity index (χ1) is 10.6. The molecular formula is C19H19FN2. The van der Waals surface area contributed by atoms with Crippen molar-refractivity contribution in [1.29, 1.82) is 0 Å². The summed E-state index contributed by atoms with van der Waals surface area (Å²) in [5.41, 5.74) is 4.59. The second-order valence-corrected chi connectivity index (χ2v) is 6.52. The van der Waals surface area contributed by atoms with E-state index < -0.39 is 0 Å². The molecule has 2 nitrogen and oxygen atoms in total. The predicted octanol–water partition coefficient (Wildman–Crippen LogP) is 4.50. The molecule has 1 aliphatic carbocycles. The van der Waals surface area contributed by atoms with Crippen molar-refractivity contribution in [3.8, 4) is 0 Å². The molecule has 0 amide bonds. The van der Waals surface area contributed by atoms with Crippen LogP contribution in [0.2, 0.25) is 0 Å². The van der Waals surface area contributed by atoms with Crippen LogP contribution in [0.4, 0.5) is 4.39 Å². The smallest absolute Gasteiger partial charge is 0.123 e. The van der Waals surface area contributed by atoms with Crippen LogP contribution in [0.3, 0.4) is 0 Å². The second-order valence-electron chi connectivity index (χ2n) is 6.52. The van der Waals surface area contributed by atoms with E-state index in [2.05, 4.69) is 35.5 Å². The molecule has 2 heterocycles. The van der Waals surface area contributed by atoms with E-state index >= 15 is 0 Å². The molecule has 4 rings (SSSR count). The van der Waals surface area contributed by atoms with E-state index in [1.165, 1.54) is 29.4 Å². The Labute approximate surface area is 129 Å². The summed E-state index contributed by atoms with van der Waals surface area (Å²) in [6.07, 6.45) is 6.12. The average molecular weight is 294 g/mol. The van der Waals surface area contributed by atoms with Crippen LogP contribution in [-0.4, -0.2) is 9.38 Å². The van der Waals surface area contributed by atoms with E-state index in [1.54, 1.807) is 12.1 Å². The highest BCUT2D eigenvalue weighted by Crippen LogP contribution is 2.46. The Morgan fingerprint density at radius 1 is 1.32 bits per heavy atom. The van der Waals surface area contributed by atoms with Crippen molar-refractivity contribution in [3.63, 3.8) is 0 Å². The molecule has 1 aromatic carbocycles. The Bertz CT molecular complexity index is 850. The van der Waals surface area contributed by atoms with Gasteiger partial charge in [0.05, 0.1) is 11.7 Å². The number of benzene rings is 1. The molecule has 22 heavy (non-hydrogen) atoms. The minimum atomic E-state index is -0.175. The fourth-order valence-electron chi connectivity index (χ4n) is 3.22. The average Bonchev–Trinajstić information content (AvgIpc) is 3.06. The zero-order valence-corrected chi connectivity index (χ0v) is 12.9. The Kier molecular flexibility index (Phi) is 3.03. The van der Waals surface area contributed by atoms with Gasteiger partial charge in [0.25, 0.3) is 0 Å². The van der Waals surface area contributed by atoms with E-state index in [4.69, 9.17) is 0 Å². The summed E-state index contributed by atoms with van der Waals surface area (Å²) in [4.78, 5) is 4.61. The van der Waals surface area contributed by atoms with Gasteiger partial charge in [-0.3, -0.25) is 0 Å². The van der Waals surface area contributed by atoms with Gasteiger partial charge in [-0.25, -0.2) is 9.37 Å². The number of hydrogen-bond acceptors (Lipinski definition) is 1. The van der Waals surface area contributed by atoms with Gasteiger partial charge in [-0.2, -0.15) is 0 Å². The van der Waals surface area contributed by atoms with Crippen LogP contribution in [0, 0.1) is 18.7 Å². The highest BCUT2D eigenvalue weighted by atomic mass is 19.1. The quantitative estimate of drug-likeness (QED) is 0.695. The molecule has 3 heteroatoms. The number of pyridine rings is 1. The highest BCUT2D eigenvalue weighted by molar-refractivity contribution is 5.52. The molecule has 2 unspecified atom stereocenters. The molecule has 2 atom stereocenters. The van der Waals surface area contributed by atoms with Gasteiger partial charge in [0.15, 0.2) is 0 Å². The lowest BCUT2D eigenvalue weighted by Crippen LogP contribution is -1.99. The van der Waals surface area contributed by atoms with Crippen LogP contribution in [0.15, 0.2) is 42.7 Å². The number of imidazole rings is 1. The maximum atomic E-state index is 13.3. The maximum absolute atomic E-state index is 13.3. The molecule has 0 bridgehead atoms. The van der Waals surface area contributed by atoms with Crippen LogP contribution in [0.5, 0.6) is 0 Å². The van der Waals surface area contributed by atoms with Gasteiger partial charge >= 0.3 is 0 Å². The number of hydrogen-bond donors (Lipinski definition) is 0. The van der Waals surface area contributed by atoms with E-state index in [1.807, 2.05) is 12.3 Å². The highest BCUT2D eigenvalue weighted by Gasteiger charge is 2.37. The van der Waals surface area contributed by atoms with Crippen molar-refractivity contribution in [2.75, 3.05) is 0 Å². The van der Waals surface area contributed by atoms with Crippen LogP contribution in [0.1, 0.15) is 41.8 Å². The number of nitrogens with zero attached hydrogens (tertiary/aromatic N) is 2. The Balaban J connectivity index is 1.71. The van der Waals surface area contributed by atoms with Crippen LogP contribution < -0.4 is 0 Å². The number of aryl methyl sites for hydroxylation is 1. The molecular weight excluding hydrogens is 275 g/mol. The van der Waals surface area contributed by atoms with Gasteiger partial charge in [-0.15, -0.1) is 0 Å². The molecule has 1 saturated carbocycles. The molecule has 3 aromatic rings. The Morgan fingerprint density at radius 3 is 2.86 bits per heavy atom. The third-order valence-electron chi connectivity index (χ3n) is 4.73. The molecule has 1 fully saturated rings. The largest absolute Gasteiger partial charge is 0.303 e. The predicted molar refractivity (Wildman–Crippen MR) is 85.7 cm³/mol. The number of aromatic nitrogens is 2. The number of rotatable bonds is 3. The summed E-state index contributed by atoms with van der Waals surface area (Å²) in [6.45, 7) is 4.39. The topological polar surface area (TPSA) is 17.3 Å². The first-order valence-corrected chi connectivity index (χ1v) is 7.83. The van der Waals surface area contributed by atoms with Crippen molar-refractivity contribution in [1.82, 2.24) is 9.38 Å². The second kappa shape index (κ2) is 4.94. The molecule has 2 aromatic heterocycles. The number of halogens is 1. The van der Waals surface area contributed by atoms with Gasteiger partial charge in [-0.05, 0) is 60.6 Å². The van der Waals surface area contributed by atoms with Crippen LogP contribution in [0.25, 0.3) is 5.52 Å². The molecule has 0 N–H and O–H groups in total. The third kappa shape index (κ3) is 2.31. The van der Waals surface area contributed by atoms with E-state index in [9.17, 15) is 4.39 Å². The van der Waals surface area contributed by atoms with Gasteiger partial charge < -0.3 is 4.40 Å². The molecule has 0 saturated heterocycles. The molecule has 0 spiro atoms. The third-order valence-corrected chi connectivity index (χ3v) is 4.73. The SMILES string of the molecule is Cc1cn2c(C3CC3C)ncc2cc1Cc1cccc(F)c1. The Hall–Kier alpha value is -2.16. The van der Waals surface area contributed by atoms with Crippen molar-refractivity contribution in [2.24, 2.45) is 5.92 Å². The zero-order valence-electron chi connectivity index (χ0n) is 12.9. The standard InChI is InChI=1S/C19H19FN2/c1-12-6-18(12)19-21-10-17-9-15(13(2)11-22(17)19)7-14-4-3-5-16(20)8-14/h3-5,8-12,18H,6-7H2,1-2H3. The summed E-state index contributed by atoms with van der Waals surface area (Å²) in [6, 6.07) is 9.02. The summed E-state index contributed by atoms with van der Waals surface area (Å²) in [7, 11) is 0. The molecule has 0 aliphatic heterocycles. The minimum Gasteiger partial charge on any atom is -0.303 e. The maximum Gasteiger partial charge on any atom is 0.123 e. The van der Waals surface area contributed by atoms with E-state index in [0.717, 1.165) is 23.4 Å². The number of fused-ring (bicyclic) bond motifs is 1. The van der Waals surface area contributed by atoms with Gasteiger partial charge in [0, 0.05) is 12.1 Å². The monoisotopic (exact) mass is 294 g/mol. The first-order valence-electron chi connectivity index (χ1n) is 7.83. The van der Waals surface area contributed by atoms with Crippen molar-refractivity contribution in [2.45, 2.75) is 32.6 Å². The van der Waals surface area contributed by atoms with Crippen molar-refractivity contribution < 1.29 is 4.39 Å². The summed E-state index contributed by atoms with van der Waals surface area (Å²) >= 11 is 0. The van der Waals surface area contributed by atoms with Gasteiger partial charge in [0.2, 0.25) is 0 Å². The van der Waals surface area contributed by atoms with Crippen molar-refractivity contribution in [3.05, 3.63) is 71.1 Å². The van der Waals surface area contributed by atoms with E-state index in [-0.39, 0.29) is 5.82 Å². The summed E-state index contributed by atoms with van der Waals surface area (Å²) < 4.78 is 15.6. The lowest BCUT2D eigenvalue weighted by molar-refractivity contribution is 0.626.